The number of halogens is 1. The summed E-state index contributed by atoms with van der Waals surface area (Å²) in [6.45, 7) is 0. The molecule has 0 aromatic heterocycles. The zero-order valence-electron chi connectivity index (χ0n) is 8.02. The third kappa shape index (κ3) is 4.08. The van der Waals surface area contributed by atoms with Gasteiger partial charge in [-0.1, -0.05) is 28.4 Å². The minimum Gasteiger partial charge on any atom is -0.295 e. The van der Waals surface area contributed by atoms with Gasteiger partial charge < -0.3 is 0 Å². The summed E-state index contributed by atoms with van der Waals surface area (Å²) < 4.78 is 0. The van der Waals surface area contributed by atoms with Crippen LogP contribution in [0.4, 0.5) is 0 Å². The van der Waals surface area contributed by atoms with Gasteiger partial charge in [0.15, 0.2) is 5.78 Å². The van der Waals surface area contributed by atoms with Crippen molar-refractivity contribution in [3.8, 4) is 0 Å². The lowest BCUT2D eigenvalue weighted by atomic mass is 9.94. The number of hydrogen-bond acceptors (Lipinski definition) is 1. The molecule has 0 unspecified atom stereocenters. The van der Waals surface area contributed by atoms with Crippen LogP contribution in [0.1, 0.15) is 44.9 Å². The summed E-state index contributed by atoms with van der Waals surface area (Å²) in [7, 11) is 0. The normalized spacial score (nSPS) is 17.3. The highest BCUT2D eigenvalue weighted by Gasteiger charge is 2.12. The molecule has 1 aliphatic rings. The van der Waals surface area contributed by atoms with E-state index in [1.54, 1.807) is 0 Å². The van der Waals surface area contributed by atoms with Gasteiger partial charge in [-0.05, 0) is 37.7 Å². The lowest BCUT2D eigenvalue weighted by Crippen LogP contribution is -2.06. The summed E-state index contributed by atoms with van der Waals surface area (Å²) in [5.41, 5.74) is 1.10. The highest BCUT2D eigenvalue weighted by atomic mass is 79.9. The first kappa shape index (κ1) is 11.0. The van der Waals surface area contributed by atoms with E-state index < -0.39 is 0 Å². The Kier molecular flexibility index (Phi) is 5.37. The fourth-order valence-electron chi connectivity index (χ4n) is 1.64. The van der Waals surface area contributed by atoms with Gasteiger partial charge in [-0.2, -0.15) is 0 Å². The van der Waals surface area contributed by atoms with Crippen molar-refractivity contribution in [3.63, 3.8) is 0 Å². The van der Waals surface area contributed by atoms with Crippen molar-refractivity contribution < 1.29 is 4.79 Å². The summed E-state index contributed by atoms with van der Waals surface area (Å²) in [4.78, 5) is 11.4. The van der Waals surface area contributed by atoms with E-state index in [9.17, 15) is 4.79 Å². The molecular weight excluding hydrogens is 228 g/mol. The van der Waals surface area contributed by atoms with Crippen LogP contribution in [0.25, 0.3) is 0 Å². The molecule has 1 rings (SSSR count). The zero-order valence-corrected chi connectivity index (χ0v) is 9.61. The van der Waals surface area contributed by atoms with Gasteiger partial charge in [-0.3, -0.25) is 4.79 Å². The molecule has 0 saturated heterocycles. The maximum atomic E-state index is 11.4. The third-order valence-electron chi connectivity index (χ3n) is 2.44. The van der Waals surface area contributed by atoms with Crippen LogP contribution in [-0.2, 0) is 4.79 Å². The number of Topliss-reactive ketones (excluding diaryl/α,β-unsaturated/α-hetero) is 1. The number of unbranched alkanes of at least 4 members (excludes halogenated alkanes) is 2. The molecule has 0 bridgehead atoms. The van der Waals surface area contributed by atoms with Crippen molar-refractivity contribution in [3.05, 3.63) is 11.6 Å². The average Bonchev–Trinajstić information content (AvgIpc) is 2.15. The molecule has 0 atom stereocenters. The minimum atomic E-state index is 0.394. The number of alkyl halides is 1. The summed E-state index contributed by atoms with van der Waals surface area (Å²) >= 11 is 3.41. The lowest BCUT2D eigenvalue weighted by Gasteiger charge is -2.10. The smallest absolute Gasteiger partial charge is 0.158 e. The van der Waals surface area contributed by atoms with Gasteiger partial charge in [-0.25, -0.2) is 0 Å². The van der Waals surface area contributed by atoms with Gasteiger partial charge in [-0.15, -0.1) is 0 Å². The Morgan fingerprint density at radius 3 is 2.85 bits per heavy atom. The van der Waals surface area contributed by atoms with Gasteiger partial charge in [0, 0.05) is 11.8 Å². The van der Waals surface area contributed by atoms with Crippen molar-refractivity contribution in [2.24, 2.45) is 0 Å². The molecular formula is C11H17BrO. The van der Waals surface area contributed by atoms with Crippen LogP contribution in [0, 0.1) is 0 Å². The molecule has 0 aromatic carbocycles. The van der Waals surface area contributed by atoms with E-state index in [0.717, 1.165) is 36.6 Å². The molecule has 2 heteroatoms. The van der Waals surface area contributed by atoms with Gasteiger partial charge in [0.05, 0.1) is 0 Å². The largest absolute Gasteiger partial charge is 0.295 e. The second kappa shape index (κ2) is 6.36. The van der Waals surface area contributed by atoms with Crippen LogP contribution < -0.4 is 0 Å². The van der Waals surface area contributed by atoms with E-state index in [-0.39, 0.29) is 0 Å². The molecule has 1 nitrogen and oxygen atoms in total. The van der Waals surface area contributed by atoms with Crippen LogP contribution >= 0.6 is 15.9 Å². The fraction of sp³-hybridized carbons (Fsp3) is 0.727. The van der Waals surface area contributed by atoms with E-state index in [2.05, 4.69) is 22.0 Å². The zero-order chi connectivity index (χ0) is 9.52. The van der Waals surface area contributed by atoms with E-state index in [4.69, 9.17) is 0 Å². The van der Waals surface area contributed by atoms with Crippen molar-refractivity contribution in [1.82, 2.24) is 0 Å². The third-order valence-corrected chi connectivity index (χ3v) is 3.00. The van der Waals surface area contributed by atoms with Crippen LogP contribution in [-0.4, -0.2) is 11.1 Å². The number of rotatable bonds is 5. The van der Waals surface area contributed by atoms with Crippen LogP contribution in [0.5, 0.6) is 0 Å². The quantitative estimate of drug-likeness (QED) is 0.534. The molecule has 0 spiro atoms. The topological polar surface area (TPSA) is 17.1 Å². The lowest BCUT2D eigenvalue weighted by molar-refractivity contribution is -0.116. The SMILES string of the molecule is O=C1CCCC=C1CCCCCBr. The van der Waals surface area contributed by atoms with Crippen molar-refractivity contribution in [2.75, 3.05) is 5.33 Å². The van der Waals surface area contributed by atoms with Gasteiger partial charge >= 0.3 is 0 Å². The Balaban J connectivity index is 2.19. The fourth-order valence-corrected chi connectivity index (χ4v) is 2.04. The molecule has 0 N–H and O–H groups in total. The second-order valence-corrected chi connectivity index (χ2v) is 4.34. The molecule has 0 fully saturated rings. The molecule has 0 amide bonds. The Bertz CT molecular complexity index is 196. The van der Waals surface area contributed by atoms with Gasteiger partial charge in [0.2, 0.25) is 0 Å². The molecule has 1 aliphatic carbocycles. The van der Waals surface area contributed by atoms with E-state index in [1.165, 1.54) is 19.3 Å². The van der Waals surface area contributed by atoms with Crippen molar-refractivity contribution in [2.45, 2.75) is 44.9 Å². The molecule has 0 saturated carbocycles. The van der Waals surface area contributed by atoms with Crippen LogP contribution in [0.15, 0.2) is 11.6 Å². The standard InChI is InChI=1S/C11H17BrO/c12-9-5-1-2-6-10-7-3-4-8-11(10)13/h7H,1-6,8-9H2. The van der Waals surface area contributed by atoms with E-state index in [0.29, 0.717) is 5.78 Å². The monoisotopic (exact) mass is 244 g/mol. The summed E-state index contributed by atoms with van der Waals surface area (Å²) in [5.74, 6) is 0.394. The Morgan fingerprint density at radius 1 is 1.31 bits per heavy atom. The van der Waals surface area contributed by atoms with Gasteiger partial charge in [0.25, 0.3) is 0 Å². The predicted molar refractivity (Wildman–Crippen MR) is 59.2 cm³/mol. The maximum Gasteiger partial charge on any atom is 0.158 e. The Labute approximate surface area is 88.7 Å². The summed E-state index contributed by atoms with van der Waals surface area (Å²) in [6, 6.07) is 0. The van der Waals surface area contributed by atoms with E-state index >= 15 is 0 Å². The number of carbonyl (C=O) groups excluding carboxylic acids is 1. The summed E-state index contributed by atoms with van der Waals surface area (Å²) in [6.07, 6.45) is 9.72. The highest BCUT2D eigenvalue weighted by molar-refractivity contribution is 9.09. The molecule has 0 heterocycles. The van der Waals surface area contributed by atoms with Crippen molar-refractivity contribution >= 4 is 21.7 Å². The molecule has 13 heavy (non-hydrogen) atoms. The first-order valence-electron chi connectivity index (χ1n) is 5.13. The predicted octanol–water partition coefficient (Wildman–Crippen LogP) is 3.62. The van der Waals surface area contributed by atoms with Crippen molar-refractivity contribution in [1.29, 1.82) is 0 Å². The van der Waals surface area contributed by atoms with Crippen LogP contribution in [0.2, 0.25) is 0 Å². The minimum absolute atomic E-state index is 0.394. The average molecular weight is 245 g/mol. The number of ketones is 1. The number of allylic oxidation sites excluding steroid dienone is 2. The van der Waals surface area contributed by atoms with Crippen LogP contribution in [0.3, 0.4) is 0 Å². The van der Waals surface area contributed by atoms with E-state index in [1.807, 2.05) is 0 Å². The second-order valence-electron chi connectivity index (χ2n) is 3.54. The first-order chi connectivity index (χ1) is 6.34. The molecule has 74 valence electrons. The molecule has 0 radical (unpaired) electrons. The highest BCUT2D eigenvalue weighted by Crippen LogP contribution is 2.19. The summed E-state index contributed by atoms with van der Waals surface area (Å²) in [5, 5.41) is 1.08. The molecule has 0 aromatic rings. The number of carbonyl (C=O) groups is 1. The molecule has 0 aliphatic heterocycles. The maximum absolute atomic E-state index is 11.4. The first-order valence-corrected chi connectivity index (χ1v) is 6.25. The number of hydrogen-bond donors (Lipinski definition) is 0. The Hall–Kier alpha value is -0.110. The van der Waals surface area contributed by atoms with Gasteiger partial charge in [0.1, 0.15) is 0 Å². The Morgan fingerprint density at radius 2 is 2.15 bits per heavy atom.